The lowest BCUT2D eigenvalue weighted by molar-refractivity contribution is -0.157. The van der Waals surface area contributed by atoms with Crippen molar-refractivity contribution in [3.63, 3.8) is 0 Å². The molecule has 130 valence electrons. The first kappa shape index (κ1) is 18.0. The van der Waals surface area contributed by atoms with Gasteiger partial charge in [-0.2, -0.15) is 0 Å². The van der Waals surface area contributed by atoms with E-state index in [2.05, 4.69) is 5.32 Å². The number of amides is 2. The first-order chi connectivity index (χ1) is 11.3. The van der Waals surface area contributed by atoms with Gasteiger partial charge in [0, 0.05) is 32.6 Å². The molecule has 2 amide bonds. The van der Waals surface area contributed by atoms with Gasteiger partial charge in [-0.05, 0) is 37.0 Å². The van der Waals surface area contributed by atoms with Crippen molar-refractivity contribution < 1.29 is 19.5 Å². The number of benzene rings is 1. The topological polar surface area (TPSA) is 86.7 Å². The molecule has 0 spiro atoms. The maximum absolute atomic E-state index is 12.0. The molecule has 24 heavy (non-hydrogen) atoms. The third-order valence-corrected chi connectivity index (χ3v) is 4.58. The highest BCUT2D eigenvalue weighted by Gasteiger charge is 2.45. The number of carbonyl (C=O) groups excluding carboxylic acids is 2. The van der Waals surface area contributed by atoms with Gasteiger partial charge in [-0.25, -0.2) is 0 Å². The van der Waals surface area contributed by atoms with Gasteiger partial charge in [0.05, 0.1) is 5.41 Å². The highest BCUT2D eigenvalue weighted by molar-refractivity contribution is 5.94. The van der Waals surface area contributed by atoms with Gasteiger partial charge in [0.1, 0.15) is 0 Å². The Balaban J connectivity index is 1.84. The van der Waals surface area contributed by atoms with Gasteiger partial charge >= 0.3 is 5.97 Å². The number of nitrogens with one attached hydrogen (secondary N) is 1. The number of hydrogen-bond acceptors (Lipinski definition) is 3. The Morgan fingerprint density at radius 2 is 1.96 bits per heavy atom. The van der Waals surface area contributed by atoms with Crippen molar-refractivity contribution in [1.29, 1.82) is 0 Å². The quantitative estimate of drug-likeness (QED) is 0.795. The fourth-order valence-electron chi connectivity index (χ4n) is 2.90. The zero-order valence-electron chi connectivity index (χ0n) is 14.2. The molecule has 1 aromatic carbocycles. The molecule has 1 aliphatic carbocycles. The van der Waals surface area contributed by atoms with Crippen LogP contribution in [0.25, 0.3) is 0 Å². The summed E-state index contributed by atoms with van der Waals surface area (Å²) >= 11 is 0. The van der Waals surface area contributed by atoms with Crippen molar-refractivity contribution >= 4 is 17.8 Å². The lowest BCUT2D eigenvalue weighted by atomic mass is 9.66. The third-order valence-electron chi connectivity index (χ3n) is 4.58. The molecule has 0 aliphatic heterocycles. The Morgan fingerprint density at radius 3 is 2.50 bits per heavy atom. The average molecular weight is 332 g/mol. The zero-order valence-corrected chi connectivity index (χ0v) is 14.2. The van der Waals surface area contributed by atoms with E-state index in [-0.39, 0.29) is 18.2 Å². The molecule has 0 saturated heterocycles. The Kier molecular flexibility index (Phi) is 5.59. The molecule has 0 radical (unpaired) electrons. The summed E-state index contributed by atoms with van der Waals surface area (Å²) in [5, 5.41) is 12.0. The number of carboxylic acid groups (broad SMARTS) is 1. The lowest BCUT2D eigenvalue weighted by Gasteiger charge is -2.36. The van der Waals surface area contributed by atoms with Crippen LogP contribution >= 0.6 is 0 Å². The highest BCUT2D eigenvalue weighted by atomic mass is 16.4. The molecule has 1 aromatic rings. The summed E-state index contributed by atoms with van der Waals surface area (Å²) in [6.45, 7) is 0.425. The molecule has 2 N–H and O–H groups in total. The first-order valence-corrected chi connectivity index (χ1v) is 8.15. The molecule has 1 saturated carbocycles. The molecule has 6 heteroatoms. The van der Waals surface area contributed by atoms with Crippen LogP contribution < -0.4 is 5.32 Å². The minimum Gasteiger partial charge on any atom is -0.481 e. The zero-order chi connectivity index (χ0) is 17.7. The van der Waals surface area contributed by atoms with E-state index in [0.717, 1.165) is 12.0 Å². The average Bonchev–Trinajstić information content (AvgIpc) is 2.50. The molecule has 1 fully saturated rings. The number of rotatable bonds is 7. The van der Waals surface area contributed by atoms with E-state index in [9.17, 15) is 19.5 Å². The Morgan fingerprint density at radius 1 is 1.25 bits per heavy atom. The molecule has 6 nitrogen and oxygen atoms in total. The van der Waals surface area contributed by atoms with Crippen molar-refractivity contribution in [1.82, 2.24) is 10.2 Å². The van der Waals surface area contributed by atoms with E-state index in [1.54, 1.807) is 20.2 Å². The van der Waals surface area contributed by atoms with Gasteiger partial charge < -0.3 is 15.3 Å². The van der Waals surface area contributed by atoms with Gasteiger partial charge in [-0.1, -0.05) is 18.6 Å². The van der Waals surface area contributed by atoms with Crippen molar-refractivity contribution in [2.24, 2.45) is 5.41 Å². The molecular formula is C18H24N2O4. The summed E-state index contributed by atoms with van der Waals surface area (Å²) < 4.78 is 0. The maximum atomic E-state index is 12.0. The third kappa shape index (κ3) is 4.13. The van der Waals surface area contributed by atoms with Crippen molar-refractivity contribution in [2.75, 3.05) is 20.6 Å². The predicted molar refractivity (Wildman–Crippen MR) is 89.7 cm³/mol. The second-order valence-electron chi connectivity index (χ2n) is 6.62. The second kappa shape index (κ2) is 7.47. The van der Waals surface area contributed by atoms with Crippen molar-refractivity contribution in [3.8, 4) is 0 Å². The van der Waals surface area contributed by atoms with Gasteiger partial charge in [-0.3, -0.25) is 14.4 Å². The summed E-state index contributed by atoms with van der Waals surface area (Å²) in [5.74, 6) is -1.16. The number of hydrogen-bond donors (Lipinski definition) is 2. The van der Waals surface area contributed by atoms with E-state index in [0.29, 0.717) is 31.4 Å². The summed E-state index contributed by atoms with van der Waals surface area (Å²) in [6, 6.07) is 7.31. The fourth-order valence-corrected chi connectivity index (χ4v) is 2.90. The van der Waals surface area contributed by atoms with Crippen LogP contribution in [0.5, 0.6) is 0 Å². The summed E-state index contributed by atoms with van der Waals surface area (Å²) in [7, 11) is 3.40. The lowest BCUT2D eigenvalue weighted by Crippen LogP contribution is -2.42. The van der Waals surface area contributed by atoms with Crippen LogP contribution in [0.2, 0.25) is 0 Å². The normalized spacial score (nSPS) is 15.2. The number of nitrogens with zero attached hydrogens (tertiary/aromatic N) is 1. The van der Waals surface area contributed by atoms with Crippen molar-refractivity contribution in [3.05, 3.63) is 35.4 Å². The molecule has 0 bridgehead atoms. The molecule has 0 atom stereocenters. The largest absolute Gasteiger partial charge is 0.481 e. The Bertz CT molecular complexity index is 636. The van der Waals surface area contributed by atoms with E-state index in [1.807, 2.05) is 18.2 Å². The van der Waals surface area contributed by atoms with Crippen LogP contribution in [0.4, 0.5) is 0 Å². The SMILES string of the molecule is CN(C)C(=O)c1cccc(CCNC(=O)CC2(C(=O)O)CCC2)c1. The minimum absolute atomic E-state index is 0.0431. The van der Waals surface area contributed by atoms with Gasteiger partial charge in [-0.15, -0.1) is 0 Å². The smallest absolute Gasteiger partial charge is 0.310 e. The summed E-state index contributed by atoms with van der Waals surface area (Å²) in [5.41, 5.74) is 0.713. The predicted octanol–water partition coefficient (Wildman–Crippen LogP) is 1.69. The molecule has 0 heterocycles. The minimum atomic E-state index is -0.876. The van der Waals surface area contributed by atoms with Crippen LogP contribution in [0.1, 0.15) is 41.6 Å². The van der Waals surface area contributed by atoms with Crippen molar-refractivity contribution in [2.45, 2.75) is 32.1 Å². The second-order valence-corrected chi connectivity index (χ2v) is 6.62. The first-order valence-electron chi connectivity index (χ1n) is 8.15. The van der Waals surface area contributed by atoms with E-state index in [1.165, 1.54) is 4.90 Å². The molecule has 0 unspecified atom stereocenters. The van der Waals surface area contributed by atoms with Crippen LogP contribution in [-0.2, 0) is 16.0 Å². The Hall–Kier alpha value is -2.37. The summed E-state index contributed by atoms with van der Waals surface area (Å²) in [6.07, 6.45) is 2.66. The number of carboxylic acids is 1. The van der Waals surface area contributed by atoms with Crippen LogP contribution in [-0.4, -0.2) is 48.4 Å². The van der Waals surface area contributed by atoms with Gasteiger partial charge in [0.25, 0.3) is 5.91 Å². The molecule has 2 rings (SSSR count). The van der Waals surface area contributed by atoms with E-state index >= 15 is 0 Å². The monoisotopic (exact) mass is 332 g/mol. The molecular weight excluding hydrogens is 308 g/mol. The fraction of sp³-hybridized carbons (Fsp3) is 0.500. The highest BCUT2D eigenvalue weighted by Crippen LogP contribution is 2.44. The van der Waals surface area contributed by atoms with Crippen LogP contribution in [0, 0.1) is 5.41 Å². The van der Waals surface area contributed by atoms with Crippen LogP contribution in [0.15, 0.2) is 24.3 Å². The van der Waals surface area contributed by atoms with Gasteiger partial charge in [0.2, 0.25) is 5.91 Å². The summed E-state index contributed by atoms with van der Waals surface area (Å²) in [4.78, 5) is 36.7. The van der Waals surface area contributed by atoms with E-state index in [4.69, 9.17) is 0 Å². The number of aliphatic carboxylic acids is 1. The Labute approximate surface area is 141 Å². The van der Waals surface area contributed by atoms with Crippen LogP contribution in [0.3, 0.4) is 0 Å². The van der Waals surface area contributed by atoms with Gasteiger partial charge in [0.15, 0.2) is 0 Å². The molecule has 1 aliphatic rings. The standard InChI is InChI=1S/C18H24N2O4/c1-20(2)16(22)14-6-3-5-13(11-14)7-10-19-15(21)12-18(17(23)24)8-4-9-18/h3,5-6,11H,4,7-10,12H2,1-2H3,(H,19,21)(H,23,24). The molecule has 0 aromatic heterocycles. The number of carbonyl (C=O) groups is 3. The maximum Gasteiger partial charge on any atom is 0.310 e. The van der Waals surface area contributed by atoms with E-state index < -0.39 is 11.4 Å².